The Labute approximate surface area is 326 Å². The number of nitrogens with one attached hydrogen (secondary N) is 2. The number of Topliss-reactive ketones (excluding diaryl/α,β-unsaturated/α-hetero) is 1. The van der Waals surface area contributed by atoms with Gasteiger partial charge in [-0.1, -0.05) is 51.3 Å². The minimum Gasteiger partial charge on any atom is -0.392 e. The number of aliphatic hydroxyl groups is 6. The smallest absolute Gasteiger partial charge is 0.182 e. The summed E-state index contributed by atoms with van der Waals surface area (Å²) in [6.07, 6.45) is 12.6. The minimum atomic E-state index is -1.62. The molecule has 6 aliphatic carbocycles. The van der Waals surface area contributed by atoms with Gasteiger partial charge in [0, 0.05) is 36.6 Å². The summed E-state index contributed by atoms with van der Waals surface area (Å²) in [7, 11) is 0. The first-order chi connectivity index (χ1) is 26.1. The van der Waals surface area contributed by atoms with E-state index in [2.05, 4.69) is 36.6 Å². The maximum absolute atomic E-state index is 15.4. The molecule has 11 nitrogen and oxygen atoms in total. The molecule has 1 saturated heterocycles. The monoisotopic (exact) mass is 765 g/mol. The Morgan fingerprint density at radius 1 is 1.05 bits per heavy atom. The molecule has 1 unspecified atom stereocenters. The number of dihydropyridines is 1. The van der Waals surface area contributed by atoms with Crippen molar-refractivity contribution < 1.29 is 40.2 Å². The van der Waals surface area contributed by atoms with Crippen molar-refractivity contribution in [3.63, 3.8) is 0 Å². The average molecular weight is 766 g/mol. The third kappa shape index (κ3) is 5.99. The molecule has 0 amide bonds. The van der Waals surface area contributed by atoms with E-state index in [0.29, 0.717) is 43.6 Å². The zero-order chi connectivity index (χ0) is 39.2. The maximum Gasteiger partial charge on any atom is 0.182 e. The summed E-state index contributed by atoms with van der Waals surface area (Å²) in [5.41, 5.74) is 3.33. The Morgan fingerprint density at radius 2 is 1.80 bits per heavy atom. The first-order valence-electron chi connectivity index (χ1n) is 21.5. The molecule has 4 saturated carbocycles. The largest absolute Gasteiger partial charge is 0.392 e. The molecule has 0 bridgehead atoms. The molecule has 0 aromatic rings. The highest BCUT2D eigenvalue weighted by Crippen LogP contribution is 2.75. The van der Waals surface area contributed by atoms with Crippen LogP contribution in [-0.4, -0.2) is 97.5 Å². The van der Waals surface area contributed by atoms with Crippen LogP contribution in [0.2, 0.25) is 0 Å². The number of nitrogens with two attached hydrogens (primary N) is 1. The lowest BCUT2D eigenvalue weighted by Gasteiger charge is -2.66. The topological polar surface area (TPSA) is 198 Å². The molecule has 1 spiro atoms. The fourth-order valence-corrected chi connectivity index (χ4v) is 13.9. The highest BCUT2D eigenvalue weighted by atomic mass is 16.5. The van der Waals surface area contributed by atoms with E-state index in [0.717, 1.165) is 37.7 Å². The first kappa shape index (κ1) is 39.7. The molecule has 11 heteroatoms. The molecule has 2 aliphatic heterocycles. The zero-order valence-electron chi connectivity index (χ0n) is 33.2. The van der Waals surface area contributed by atoms with Crippen molar-refractivity contribution in [1.29, 1.82) is 0 Å². The van der Waals surface area contributed by atoms with E-state index in [1.807, 2.05) is 18.4 Å². The summed E-state index contributed by atoms with van der Waals surface area (Å²) < 4.78 is 6.19. The molecule has 2 heterocycles. The fourth-order valence-electron chi connectivity index (χ4n) is 13.9. The second-order valence-corrected chi connectivity index (χ2v) is 19.6. The molecule has 0 radical (unpaired) electrons. The molecule has 0 aromatic carbocycles. The van der Waals surface area contributed by atoms with Crippen molar-refractivity contribution in [3.05, 3.63) is 47.3 Å². The molecular formula is C44H67N3O8. The van der Waals surface area contributed by atoms with Crippen LogP contribution in [0.4, 0.5) is 0 Å². The van der Waals surface area contributed by atoms with Crippen molar-refractivity contribution in [2.45, 2.75) is 146 Å². The second-order valence-electron chi connectivity index (χ2n) is 19.6. The van der Waals surface area contributed by atoms with Crippen molar-refractivity contribution in [1.82, 2.24) is 10.6 Å². The third-order valence-corrected chi connectivity index (χ3v) is 16.6. The molecule has 8 rings (SSSR count). The van der Waals surface area contributed by atoms with Crippen LogP contribution in [0, 0.1) is 58.2 Å². The van der Waals surface area contributed by atoms with Crippen LogP contribution >= 0.6 is 0 Å². The SMILES string of the molecule is C[C@@H]1[C@H]([C@@H](O)[C@](C)(O)[C@H]2CC[C@@]3(O)C4=C(NC[C@H](C)O)C(=O)[C@@H]5C[C@@H](O)[C@@H](O)C[C@@]56C[C@@H](C5=CNC(N)C=C5)C=C[C@H](C[C@]23C2CCCCC2)[C@@H]46)OC[C@H]1C. The van der Waals surface area contributed by atoms with Crippen molar-refractivity contribution in [2.75, 3.05) is 13.2 Å². The maximum atomic E-state index is 15.4. The van der Waals surface area contributed by atoms with Gasteiger partial charge in [-0.2, -0.15) is 0 Å². The number of aliphatic hydroxyl groups excluding tert-OH is 4. The molecule has 55 heavy (non-hydrogen) atoms. The number of rotatable bonds is 8. The first-order valence-corrected chi connectivity index (χ1v) is 21.5. The lowest BCUT2D eigenvalue weighted by Crippen LogP contribution is -2.69. The number of allylic oxidation sites excluding steroid dienone is 5. The van der Waals surface area contributed by atoms with Crippen LogP contribution in [0.5, 0.6) is 0 Å². The molecule has 17 atom stereocenters. The predicted molar refractivity (Wildman–Crippen MR) is 207 cm³/mol. The highest BCUT2D eigenvalue weighted by molar-refractivity contribution is 6.00. The van der Waals surface area contributed by atoms with Gasteiger partial charge in [0.15, 0.2) is 5.78 Å². The number of ether oxygens (including phenoxy) is 1. The molecular weight excluding hydrogens is 698 g/mol. The van der Waals surface area contributed by atoms with E-state index < -0.39 is 64.4 Å². The number of hydrogen-bond acceptors (Lipinski definition) is 11. The van der Waals surface area contributed by atoms with Crippen LogP contribution in [0.3, 0.4) is 0 Å². The summed E-state index contributed by atoms with van der Waals surface area (Å²) in [4.78, 5) is 15.4. The Kier molecular flexibility index (Phi) is 10.3. The predicted octanol–water partition coefficient (Wildman–Crippen LogP) is 2.94. The van der Waals surface area contributed by atoms with E-state index in [9.17, 15) is 30.6 Å². The number of hydrogen-bond donors (Lipinski definition) is 9. The number of fused-ring (bicyclic) bond motifs is 2. The van der Waals surface area contributed by atoms with E-state index in [4.69, 9.17) is 10.5 Å². The molecule has 10 N–H and O–H groups in total. The average Bonchev–Trinajstić information content (AvgIpc) is 3.61. The summed E-state index contributed by atoms with van der Waals surface area (Å²) >= 11 is 0. The Morgan fingerprint density at radius 3 is 2.45 bits per heavy atom. The molecule has 0 aromatic heterocycles. The van der Waals surface area contributed by atoms with Gasteiger partial charge in [-0.05, 0) is 123 Å². The van der Waals surface area contributed by atoms with Gasteiger partial charge in [0.05, 0.1) is 47.5 Å². The van der Waals surface area contributed by atoms with Gasteiger partial charge in [0.2, 0.25) is 0 Å². The quantitative estimate of drug-likeness (QED) is 0.165. The highest BCUT2D eigenvalue weighted by Gasteiger charge is 2.76. The van der Waals surface area contributed by atoms with Crippen LogP contribution in [-0.2, 0) is 9.53 Å². The lowest BCUT2D eigenvalue weighted by atomic mass is 9.39. The van der Waals surface area contributed by atoms with Crippen molar-refractivity contribution >= 4 is 5.78 Å². The summed E-state index contributed by atoms with van der Waals surface area (Å²) in [6, 6.07) is 0. The number of ketones is 1. The summed E-state index contributed by atoms with van der Waals surface area (Å²) in [5.74, 6) is -1.68. The third-order valence-electron chi connectivity index (χ3n) is 16.6. The Hall–Kier alpha value is -2.09. The summed E-state index contributed by atoms with van der Waals surface area (Å²) in [5, 5.41) is 79.3. The van der Waals surface area contributed by atoms with E-state index in [1.54, 1.807) is 13.8 Å². The van der Waals surface area contributed by atoms with E-state index in [-0.39, 0.29) is 66.8 Å². The van der Waals surface area contributed by atoms with Gasteiger partial charge in [0.1, 0.15) is 6.10 Å². The Balaban J connectivity index is 1.35. The van der Waals surface area contributed by atoms with Gasteiger partial charge in [-0.3, -0.25) is 4.79 Å². The van der Waals surface area contributed by atoms with Gasteiger partial charge in [0.25, 0.3) is 0 Å². The molecule has 5 fully saturated rings. The van der Waals surface area contributed by atoms with Crippen LogP contribution in [0.1, 0.15) is 98.3 Å². The van der Waals surface area contributed by atoms with E-state index in [1.165, 1.54) is 0 Å². The Bertz CT molecular complexity index is 1620. The van der Waals surface area contributed by atoms with Gasteiger partial charge in [-0.25, -0.2) is 0 Å². The number of carbonyl (C=O) groups excluding carboxylic acids is 1. The molecule has 306 valence electrons. The minimum absolute atomic E-state index is 0.0226. The number of carbonyl (C=O) groups is 1. The van der Waals surface area contributed by atoms with Crippen molar-refractivity contribution in [2.24, 2.45) is 63.9 Å². The summed E-state index contributed by atoms with van der Waals surface area (Å²) in [6.45, 7) is 8.23. The lowest BCUT2D eigenvalue weighted by molar-refractivity contribution is -0.223. The van der Waals surface area contributed by atoms with Crippen molar-refractivity contribution in [3.8, 4) is 0 Å². The van der Waals surface area contributed by atoms with Gasteiger partial charge >= 0.3 is 0 Å². The molecule has 8 aliphatic rings. The van der Waals surface area contributed by atoms with Crippen LogP contribution < -0.4 is 16.4 Å². The second kappa shape index (κ2) is 14.3. The zero-order valence-corrected chi connectivity index (χ0v) is 33.2. The standard InChI is InChI=1S/C44H67N3O8/c1-23-22-55-39(25(23)3)40(52)41(4,53)33-14-15-44(54)36-35-27(18-43(33,44)29-8-6-5-7-9-29)11-10-26(28-12-13-34(45)46-21-28)17-42(35)19-32(50)31(49)16-30(42)38(51)37(36)47-20-24(2)48/h10-13,21,23-27,29-35,39-40,46-50,52-54H,5-9,14-20,22,45H2,1-4H3/t23-,24+,25+,26+,27-,30+,31-,32+,33-,34?,35+,39-,40-,41-,42+,43+,44-/m1/s1. The van der Waals surface area contributed by atoms with Crippen LogP contribution in [0.15, 0.2) is 47.3 Å². The van der Waals surface area contributed by atoms with Gasteiger partial charge < -0.3 is 51.7 Å². The van der Waals surface area contributed by atoms with Gasteiger partial charge in [-0.15, -0.1) is 0 Å². The van der Waals surface area contributed by atoms with E-state index >= 15 is 4.79 Å². The normalized spacial score (nSPS) is 47.8. The van der Waals surface area contributed by atoms with Crippen LogP contribution in [0.25, 0.3) is 0 Å². The fraction of sp³-hybridized carbons (Fsp3) is 0.795.